The number of aryl methyl sites for hydroxylation is 2. The topological polar surface area (TPSA) is 112 Å². The Morgan fingerprint density at radius 1 is 0.492 bits per heavy atom. The zero-order valence-corrected chi connectivity index (χ0v) is 39.2. The van der Waals surface area contributed by atoms with Gasteiger partial charge in [0.1, 0.15) is 49.4 Å². The van der Waals surface area contributed by atoms with Crippen LogP contribution in [-0.4, -0.2) is 48.6 Å². The van der Waals surface area contributed by atoms with Crippen molar-refractivity contribution < 1.29 is 38.7 Å². The number of benzene rings is 4. The zero-order valence-electron chi connectivity index (χ0n) is 39.2. The van der Waals surface area contributed by atoms with Crippen molar-refractivity contribution in [3.63, 3.8) is 0 Å². The number of rotatable bonds is 17. The van der Waals surface area contributed by atoms with E-state index in [4.69, 9.17) is 18.9 Å². The van der Waals surface area contributed by atoms with Gasteiger partial charge in [0.2, 0.25) is 0 Å². The number of carbonyl (C=O) groups is 2. The van der Waals surface area contributed by atoms with Gasteiger partial charge in [-0.25, -0.2) is 0 Å². The number of phenols is 2. The molecule has 0 saturated carbocycles. The van der Waals surface area contributed by atoms with Crippen LogP contribution in [0.5, 0.6) is 23.0 Å². The quantitative estimate of drug-likeness (QED) is 0.0799. The third-order valence-corrected chi connectivity index (χ3v) is 11.0. The lowest BCUT2D eigenvalue weighted by Gasteiger charge is -2.28. The molecule has 0 fully saturated rings. The van der Waals surface area contributed by atoms with Crippen molar-refractivity contribution in [1.82, 2.24) is 0 Å². The van der Waals surface area contributed by atoms with Gasteiger partial charge >= 0.3 is 11.9 Å². The molecule has 4 aromatic carbocycles. The fourth-order valence-electron chi connectivity index (χ4n) is 7.49. The molecule has 0 amide bonds. The summed E-state index contributed by atoms with van der Waals surface area (Å²) in [7, 11) is 0. The molecule has 0 radical (unpaired) electrons. The summed E-state index contributed by atoms with van der Waals surface area (Å²) in [4.78, 5) is 25.3. The monoisotopic (exact) mass is 837 g/mol. The molecule has 0 aliphatic rings. The molecule has 0 bridgehead atoms. The zero-order chi connectivity index (χ0) is 45.3. The molecule has 332 valence electrons. The SMILES string of the molecule is CCC(c1ccc(OCCOC(=O)CCc2cc(C(C)(C)C)c(O)c(C(C)(C)C)c2)cc1)c1ccc(OCCOC(=O)CCc2cc(C(C)(C)C)c(O)c(C(C)(C)C)c2)cc1. The van der Waals surface area contributed by atoms with Crippen molar-refractivity contribution >= 4 is 11.9 Å². The lowest BCUT2D eigenvalue weighted by atomic mass is 9.78. The summed E-state index contributed by atoms with van der Waals surface area (Å²) in [6.07, 6.45) is 2.46. The fourth-order valence-corrected chi connectivity index (χ4v) is 7.49. The molecule has 4 rings (SSSR count). The highest BCUT2D eigenvalue weighted by molar-refractivity contribution is 5.70. The van der Waals surface area contributed by atoms with E-state index in [9.17, 15) is 19.8 Å². The molecule has 0 unspecified atom stereocenters. The summed E-state index contributed by atoms with van der Waals surface area (Å²) in [6, 6.07) is 24.1. The van der Waals surface area contributed by atoms with Gasteiger partial charge < -0.3 is 29.2 Å². The summed E-state index contributed by atoms with van der Waals surface area (Å²) in [5, 5.41) is 22.0. The lowest BCUT2D eigenvalue weighted by Crippen LogP contribution is -2.18. The van der Waals surface area contributed by atoms with E-state index >= 15 is 0 Å². The molecule has 0 spiro atoms. The van der Waals surface area contributed by atoms with E-state index in [1.807, 2.05) is 48.5 Å². The second-order valence-electron chi connectivity index (χ2n) is 20.3. The molecule has 0 saturated heterocycles. The Labute approximate surface area is 366 Å². The van der Waals surface area contributed by atoms with Crippen LogP contribution < -0.4 is 9.47 Å². The second-order valence-corrected chi connectivity index (χ2v) is 20.3. The van der Waals surface area contributed by atoms with Crippen LogP contribution in [0.1, 0.15) is 160 Å². The number of aromatic hydroxyl groups is 2. The average molecular weight is 837 g/mol. The minimum Gasteiger partial charge on any atom is -0.507 e. The molecule has 0 aliphatic carbocycles. The first-order valence-electron chi connectivity index (χ1n) is 21.9. The van der Waals surface area contributed by atoms with Crippen LogP contribution in [-0.2, 0) is 53.6 Å². The third kappa shape index (κ3) is 14.0. The molecule has 2 N–H and O–H groups in total. The molecular formula is C53H72O8. The van der Waals surface area contributed by atoms with Gasteiger partial charge in [0.25, 0.3) is 0 Å². The Bertz CT molecular complexity index is 1850. The van der Waals surface area contributed by atoms with Crippen LogP contribution in [0.25, 0.3) is 0 Å². The van der Waals surface area contributed by atoms with Crippen molar-refractivity contribution in [2.24, 2.45) is 0 Å². The first kappa shape index (κ1) is 48.7. The van der Waals surface area contributed by atoms with Crippen LogP contribution in [0.3, 0.4) is 0 Å². The van der Waals surface area contributed by atoms with E-state index in [1.54, 1.807) is 0 Å². The highest BCUT2D eigenvalue weighted by Crippen LogP contribution is 2.41. The number of ether oxygens (including phenoxy) is 4. The number of hydrogen-bond acceptors (Lipinski definition) is 8. The maximum Gasteiger partial charge on any atom is 0.306 e. The lowest BCUT2D eigenvalue weighted by molar-refractivity contribution is -0.145. The molecule has 0 aliphatic heterocycles. The van der Waals surface area contributed by atoms with E-state index in [0.29, 0.717) is 35.8 Å². The fraction of sp³-hybridized carbons (Fsp3) is 0.509. The Balaban J connectivity index is 1.19. The Kier molecular flexibility index (Phi) is 16.2. The summed E-state index contributed by atoms with van der Waals surface area (Å²) >= 11 is 0. The molecule has 4 aromatic rings. The number of hydrogen-bond donors (Lipinski definition) is 2. The van der Waals surface area contributed by atoms with Crippen molar-refractivity contribution in [2.45, 2.75) is 150 Å². The third-order valence-electron chi connectivity index (χ3n) is 11.0. The number of carbonyl (C=O) groups excluding carboxylic acids is 2. The van der Waals surface area contributed by atoms with E-state index in [2.05, 4.69) is 114 Å². The number of phenolic OH excluding ortho intramolecular Hbond substituents is 2. The summed E-state index contributed by atoms with van der Waals surface area (Å²) in [5.74, 6) is 1.70. The summed E-state index contributed by atoms with van der Waals surface area (Å²) in [5.41, 5.74) is 6.96. The Hall–Kier alpha value is -4.98. The predicted molar refractivity (Wildman–Crippen MR) is 246 cm³/mol. The molecule has 0 heterocycles. The molecule has 8 heteroatoms. The maximum atomic E-state index is 12.6. The average Bonchev–Trinajstić information content (AvgIpc) is 3.17. The van der Waals surface area contributed by atoms with Gasteiger partial charge in [-0.15, -0.1) is 0 Å². The van der Waals surface area contributed by atoms with Crippen LogP contribution in [0.4, 0.5) is 0 Å². The summed E-state index contributed by atoms with van der Waals surface area (Å²) < 4.78 is 22.8. The second kappa shape index (κ2) is 20.3. The molecule has 8 nitrogen and oxygen atoms in total. The molecule has 61 heavy (non-hydrogen) atoms. The molecular weight excluding hydrogens is 765 g/mol. The molecule has 0 aromatic heterocycles. The van der Waals surface area contributed by atoms with E-state index < -0.39 is 0 Å². The van der Waals surface area contributed by atoms with Gasteiger partial charge in [-0.1, -0.05) is 139 Å². The summed E-state index contributed by atoms with van der Waals surface area (Å²) in [6.45, 7) is 27.9. The van der Waals surface area contributed by atoms with Crippen molar-refractivity contribution in [3.05, 3.63) is 117 Å². The van der Waals surface area contributed by atoms with E-state index in [0.717, 1.165) is 50.9 Å². The first-order chi connectivity index (χ1) is 28.4. The van der Waals surface area contributed by atoms with Crippen molar-refractivity contribution in [3.8, 4) is 23.0 Å². The van der Waals surface area contributed by atoms with Crippen molar-refractivity contribution in [2.75, 3.05) is 26.4 Å². The van der Waals surface area contributed by atoms with Gasteiger partial charge in [-0.2, -0.15) is 0 Å². The van der Waals surface area contributed by atoms with Gasteiger partial charge in [0.05, 0.1) is 0 Å². The van der Waals surface area contributed by atoms with Gasteiger partial charge in [-0.3, -0.25) is 9.59 Å². The molecule has 0 atom stereocenters. The van der Waals surface area contributed by atoms with E-state index in [1.165, 1.54) is 0 Å². The Morgan fingerprint density at radius 3 is 1.05 bits per heavy atom. The van der Waals surface area contributed by atoms with Crippen LogP contribution in [0.2, 0.25) is 0 Å². The standard InChI is InChI=1S/C53H72O8/c1-14-41(37-17-21-39(22-18-37)58-27-29-60-46(54)25-15-35-31-42(50(2,3)4)48(56)43(32-35)51(5,6)7)38-19-23-40(24-20-38)59-28-30-61-47(55)26-16-36-33-44(52(8,9)10)49(57)45(34-36)53(11,12)13/h17-24,31-34,41,56-57H,14-16,25-30H2,1-13H3. The Morgan fingerprint density at radius 2 is 0.787 bits per heavy atom. The minimum absolute atomic E-state index is 0.156. The van der Waals surface area contributed by atoms with Gasteiger partial charge in [-0.05, 0) is 110 Å². The van der Waals surface area contributed by atoms with Gasteiger partial charge in [0, 0.05) is 18.8 Å². The largest absolute Gasteiger partial charge is 0.507 e. The first-order valence-corrected chi connectivity index (χ1v) is 21.9. The van der Waals surface area contributed by atoms with E-state index in [-0.39, 0.29) is 78.8 Å². The number of esters is 2. The van der Waals surface area contributed by atoms with Crippen LogP contribution >= 0.6 is 0 Å². The highest BCUT2D eigenvalue weighted by atomic mass is 16.6. The van der Waals surface area contributed by atoms with Crippen molar-refractivity contribution in [1.29, 1.82) is 0 Å². The van der Waals surface area contributed by atoms with Gasteiger partial charge in [0.15, 0.2) is 0 Å². The normalized spacial score (nSPS) is 12.4. The minimum atomic E-state index is -0.282. The highest BCUT2D eigenvalue weighted by Gasteiger charge is 2.28. The van der Waals surface area contributed by atoms with Crippen LogP contribution in [0, 0.1) is 0 Å². The van der Waals surface area contributed by atoms with Crippen LogP contribution in [0.15, 0.2) is 72.8 Å². The predicted octanol–water partition coefficient (Wildman–Crippen LogP) is 11.9. The maximum absolute atomic E-state index is 12.6. The smallest absolute Gasteiger partial charge is 0.306 e.